The number of benzene rings is 4. The van der Waals surface area contributed by atoms with Crippen LogP contribution in [0.2, 0.25) is 0 Å². The second kappa shape index (κ2) is 6.64. The lowest BCUT2D eigenvalue weighted by atomic mass is 10.0. The molecular formula is C24H23N3O. The molecule has 0 fully saturated rings. The summed E-state index contributed by atoms with van der Waals surface area (Å²) in [5, 5.41) is 15.3. The van der Waals surface area contributed by atoms with Crippen LogP contribution >= 0.6 is 0 Å². The highest BCUT2D eigenvalue weighted by molar-refractivity contribution is 6.11. The lowest BCUT2D eigenvalue weighted by Crippen LogP contribution is -2.07. The molecule has 4 aromatic carbocycles. The molecule has 1 aliphatic rings. The lowest BCUT2D eigenvalue weighted by Gasteiger charge is -2.27. The van der Waals surface area contributed by atoms with Gasteiger partial charge in [0.05, 0.1) is 11.4 Å². The number of rotatable bonds is 4. The highest BCUT2D eigenvalue weighted by Crippen LogP contribution is 2.51. The minimum Gasteiger partial charge on any atom is -0.453 e. The maximum atomic E-state index is 6.43. The van der Waals surface area contributed by atoms with Crippen molar-refractivity contribution in [1.29, 1.82) is 0 Å². The van der Waals surface area contributed by atoms with Crippen molar-refractivity contribution >= 4 is 44.3 Å². The molecule has 0 radical (unpaired) electrons. The molecule has 0 atom stereocenters. The molecule has 0 aromatic heterocycles. The molecule has 0 saturated heterocycles. The Balaban J connectivity index is 1.75. The average molecular weight is 369 g/mol. The summed E-state index contributed by atoms with van der Waals surface area (Å²) in [5.41, 5.74) is 4.22. The van der Waals surface area contributed by atoms with Crippen molar-refractivity contribution in [3.05, 3.63) is 60.7 Å². The van der Waals surface area contributed by atoms with E-state index in [-0.39, 0.29) is 0 Å². The van der Waals surface area contributed by atoms with Crippen molar-refractivity contribution < 1.29 is 4.74 Å². The van der Waals surface area contributed by atoms with E-state index >= 15 is 0 Å². The topological polar surface area (TPSA) is 45.3 Å². The van der Waals surface area contributed by atoms with Crippen molar-refractivity contribution in [3.63, 3.8) is 0 Å². The van der Waals surface area contributed by atoms with Gasteiger partial charge in [0, 0.05) is 58.1 Å². The molecule has 0 amide bonds. The SMILES string of the molecule is CCNc1cc2c(c3ccccc13)Nc1c(cc(NCC)c3ccccc13)O2. The molecule has 0 unspecified atom stereocenters. The predicted molar refractivity (Wildman–Crippen MR) is 120 cm³/mol. The van der Waals surface area contributed by atoms with Crippen molar-refractivity contribution in [1.82, 2.24) is 0 Å². The first-order valence-corrected chi connectivity index (χ1v) is 9.84. The highest BCUT2D eigenvalue weighted by atomic mass is 16.5. The monoisotopic (exact) mass is 369 g/mol. The molecule has 3 N–H and O–H groups in total. The second-order valence-electron chi connectivity index (χ2n) is 6.97. The Labute approximate surface area is 164 Å². The Morgan fingerprint density at radius 1 is 0.679 bits per heavy atom. The first-order valence-electron chi connectivity index (χ1n) is 9.84. The summed E-state index contributed by atoms with van der Waals surface area (Å²) in [7, 11) is 0. The smallest absolute Gasteiger partial charge is 0.153 e. The van der Waals surface area contributed by atoms with Crippen LogP contribution in [-0.2, 0) is 0 Å². The maximum Gasteiger partial charge on any atom is 0.153 e. The normalized spacial score (nSPS) is 12.1. The Hall–Kier alpha value is -3.40. The van der Waals surface area contributed by atoms with Gasteiger partial charge in [0.2, 0.25) is 0 Å². The number of nitrogens with one attached hydrogen (secondary N) is 3. The van der Waals surface area contributed by atoms with Crippen LogP contribution in [0.25, 0.3) is 21.5 Å². The molecule has 28 heavy (non-hydrogen) atoms. The van der Waals surface area contributed by atoms with Gasteiger partial charge in [-0.05, 0) is 13.8 Å². The van der Waals surface area contributed by atoms with Gasteiger partial charge in [0.15, 0.2) is 11.5 Å². The summed E-state index contributed by atoms with van der Waals surface area (Å²) in [6.45, 7) is 5.94. The minimum absolute atomic E-state index is 0.847. The minimum atomic E-state index is 0.847. The van der Waals surface area contributed by atoms with E-state index in [1.54, 1.807) is 0 Å². The number of ether oxygens (including phenoxy) is 1. The van der Waals surface area contributed by atoms with Crippen LogP contribution in [0.1, 0.15) is 13.8 Å². The summed E-state index contributed by atoms with van der Waals surface area (Å²) in [5.74, 6) is 1.69. The van der Waals surface area contributed by atoms with Crippen molar-refractivity contribution in [2.75, 3.05) is 29.0 Å². The van der Waals surface area contributed by atoms with Crippen LogP contribution in [0, 0.1) is 0 Å². The Kier molecular flexibility index (Phi) is 3.97. The zero-order valence-corrected chi connectivity index (χ0v) is 16.1. The number of hydrogen-bond acceptors (Lipinski definition) is 4. The number of hydrogen-bond donors (Lipinski definition) is 3. The molecular weight excluding hydrogens is 346 g/mol. The van der Waals surface area contributed by atoms with Crippen molar-refractivity contribution in [2.45, 2.75) is 13.8 Å². The molecule has 0 spiro atoms. The van der Waals surface area contributed by atoms with Crippen LogP contribution in [0.5, 0.6) is 11.5 Å². The van der Waals surface area contributed by atoms with E-state index in [2.05, 4.69) is 90.5 Å². The van der Waals surface area contributed by atoms with E-state index in [1.807, 2.05) is 0 Å². The van der Waals surface area contributed by atoms with Crippen LogP contribution in [0.3, 0.4) is 0 Å². The Morgan fingerprint density at radius 2 is 1.11 bits per heavy atom. The second-order valence-corrected chi connectivity index (χ2v) is 6.97. The van der Waals surface area contributed by atoms with Gasteiger partial charge in [-0.15, -0.1) is 0 Å². The summed E-state index contributed by atoms with van der Waals surface area (Å²) in [6.07, 6.45) is 0. The average Bonchev–Trinajstić information content (AvgIpc) is 2.73. The molecule has 4 nitrogen and oxygen atoms in total. The summed E-state index contributed by atoms with van der Waals surface area (Å²) in [4.78, 5) is 0. The van der Waals surface area contributed by atoms with Gasteiger partial charge in [-0.25, -0.2) is 0 Å². The largest absolute Gasteiger partial charge is 0.453 e. The lowest BCUT2D eigenvalue weighted by molar-refractivity contribution is 0.483. The Morgan fingerprint density at radius 3 is 1.54 bits per heavy atom. The van der Waals surface area contributed by atoms with E-state index in [0.29, 0.717) is 0 Å². The van der Waals surface area contributed by atoms with E-state index in [1.165, 1.54) is 10.8 Å². The number of fused-ring (bicyclic) bond motifs is 6. The number of anilines is 4. The van der Waals surface area contributed by atoms with Gasteiger partial charge in [-0.2, -0.15) is 0 Å². The van der Waals surface area contributed by atoms with Crippen molar-refractivity contribution in [3.8, 4) is 11.5 Å². The fraction of sp³-hybridized carbons (Fsp3) is 0.167. The quantitative estimate of drug-likeness (QED) is 0.330. The zero-order valence-electron chi connectivity index (χ0n) is 16.1. The van der Waals surface area contributed by atoms with Crippen LogP contribution in [-0.4, -0.2) is 13.1 Å². The van der Waals surface area contributed by atoms with Crippen LogP contribution in [0.15, 0.2) is 60.7 Å². The third-order valence-electron chi connectivity index (χ3n) is 5.22. The molecule has 5 rings (SSSR count). The van der Waals surface area contributed by atoms with Crippen LogP contribution < -0.4 is 20.7 Å². The standard InChI is InChI=1S/C24H23N3O/c1-3-25-19-13-21-23(17-11-7-5-9-15(17)19)27-24-18-12-8-6-10-16(18)20(26-4-2)14-22(24)28-21/h5-14,25-27H,3-4H2,1-2H3. The van der Waals surface area contributed by atoms with Crippen LogP contribution in [0.4, 0.5) is 22.7 Å². The molecule has 0 aliphatic carbocycles. The van der Waals surface area contributed by atoms with E-state index in [4.69, 9.17) is 4.74 Å². The third kappa shape index (κ3) is 2.53. The highest BCUT2D eigenvalue weighted by Gasteiger charge is 2.23. The van der Waals surface area contributed by atoms with Gasteiger partial charge in [0.1, 0.15) is 0 Å². The van der Waals surface area contributed by atoms with Gasteiger partial charge >= 0.3 is 0 Å². The molecule has 0 bridgehead atoms. The predicted octanol–water partition coefficient (Wildman–Crippen LogP) is 6.71. The van der Waals surface area contributed by atoms with Gasteiger partial charge < -0.3 is 20.7 Å². The first-order chi connectivity index (χ1) is 13.8. The fourth-order valence-electron chi connectivity index (χ4n) is 4.04. The molecule has 4 heteroatoms. The van der Waals surface area contributed by atoms with E-state index in [0.717, 1.165) is 58.1 Å². The fourth-order valence-corrected chi connectivity index (χ4v) is 4.04. The summed E-state index contributed by atoms with van der Waals surface area (Å²) in [6, 6.07) is 21.1. The van der Waals surface area contributed by atoms with E-state index in [9.17, 15) is 0 Å². The summed E-state index contributed by atoms with van der Waals surface area (Å²) < 4.78 is 6.43. The van der Waals surface area contributed by atoms with Gasteiger partial charge in [0.25, 0.3) is 0 Å². The van der Waals surface area contributed by atoms with E-state index < -0.39 is 0 Å². The summed E-state index contributed by atoms with van der Waals surface area (Å²) >= 11 is 0. The first kappa shape index (κ1) is 16.8. The van der Waals surface area contributed by atoms with Crippen molar-refractivity contribution in [2.24, 2.45) is 0 Å². The zero-order chi connectivity index (χ0) is 19.1. The molecule has 1 heterocycles. The Bertz CT molecular complexity index is 1110. The molecule has 140 valence electrons. The molecule has 1 aliphatic heterocycles. The maximum absolute atomic E-state index is 6.43. The molecule has 4 aromatic rings. The molecule has 0 saturated carbocycles. The van der Waals surface area contributed by atoms with Gasteiger partial charge in [-0.1, -0.05) is 48.5 Å². The third-order valence-corrected chi connectivity index (χ3v) is 5.22. The van der Waals surface area contributed by atoms with Gasteiger partial charge in [-0.3, -0.25) is 0 Å².